The summed E-state index contributed by atoms with van der Waals surface area (Å²) in [5.41, 5.74) is 2.17. The van der Waals surface area contributed by atoms with Gasteiger partial charge in [-0.2, -0.15) is 0 Å². The second kappa shape index (κ2) is 7.19. The van der Waals surface area contributed by atoms with Crippen molar-refractivity contribution in [3.63, 3.8) is 0 Å². The number of benzene rings is 2. The number of hydrogen-bond acceptors (Lipinski definition) is 7. The van der Waals surface area contributed by atoms with Gasteiger partial charge in [0.2, 0.25) is 17.8 Å². The Kier molecular flexibility index (Phi) is 4.55. The van der Waals surface area contributed by atoms with Crippen LogP contribution in [0.25, 0.3) is 21.8 Å². The predicted molar refractivity (Wildman–Crippen MR) is 111 cm³/mol. The van der Waals surface area contributed by atoms with Crippen LogP contribution in [0.3, 0.4) is 0 Å². The number of aryl methyl sites for hydroxylation is 1. The number of amides is 1. The van der Waals surface area contributed by atoms with Crippen LogP contribution in [0.1, 0.15) is 12.6 Å². The van der Waals surface area contributed by atoms with E-state index in [4.69, 9.17) is 4.74 Å². The Labute approximate surface area is 165 Å². The van der Waals surface area contributed by atoms with Crippen molar-refractivity contribution in [2.75, 3.05) is 17.7 Å². The van der Waals surface area contributed by atoms with Gasteiger partial charge < -0.3 is 10.1 Å². The summed E-state index contributed by atoms with van der Waals surface area (Å²) < 4.78 is 5.24. The first-order chi connectivity index (χ1) is 13.9. The van der Waals surface area contributed by atoms with Crippen molar-refractivity contribution in [1.29, 1.82) is 0 Å². The third kappa shape index (κ3) is 3.70. The first-order valence-corrected chi connectivity index (χ1v) is 8.84. The lowest BCUT2D eigenvalue weighted by molar-refractivity contribution is -0.114. The maximum absolute atomic E-state index is 12.5. The molecular weight excluding hydrogens is 372 g/mol. The molecule has 3 N–H and O–H groups in total. The molecular formula is C20H18N6O3. The molecule has 29 heavy (non-hydrogen) atoms. The highest BCUT2D eigenvalue weighted by molar-refractivity contribution is 5.92. The molecule has 0 fully saturated rings. The summed E-state index contributed by atoms with van der Waals surface area (Å²) in [6.07, 6.45) is 0. The number of rotatable bonds is 4. The lowest BCUT2D eigenvalue weighted by atomic mass is 10.2. The molecule has 1 amide bonds. The van der Waals surface area contributed by atoms with E-state index in [0.29, 0.717) is 22.5 Å². The lowest BCUT2D eigenvalue weighted by Crippen LogP contribution is -2.13. The summed E-state index contributed by atoms with van der Waals surface area (Å²) >= 11 is 0. The molecule has 0 atom stereocenters. The Morgan fingerprint density at radius 2 is 1.79 bits per heavy atom. The molecule has 2 aromatic carbocycles. The van der Waals surface area contributed by atoms with Crippen LogP contribution in [-0.4, -0.2) is 33.0 Å². The van der Waals surface area contributed by atoms with Crippen LogP contribution in [0.5, 0.6) is 5.75 Å². The van der Waals surface area contributed by atoms with Crippen LogP contribution in [-0.2, 0) is 4.79 Å². The number of nitrogens with zero attached hydrogens (tertiary/aromatic N) is 3. The highest BCUT2D eigenvalue weighted by Gasteiger charge is 2.10. The molecule has 2 heterocycles. The maximum atomic E-state index is 12.5. The van der Waals surface area contributed by atoms with Gasteiger partial charge in [0, 0.05) is 18.0 Å². The van der Waals surface area contributed by atoms with E-state index in [0.717, 1.165) is 22.3 Å². The zero-order valence-corrected chi connectivity index (χ0v) is 16.0. The summed E-state index contributed by atoms with van der Waals surface area (Å²) in [7, 11) is 1.61. The van der Waals surface area contributed by atoms with Crippen LogP contribution in [0.4, 0.5) is 17.6 Å². The van der Waals surface area contributed by atoms with E-state index in [2.05, 4.69) is 30.6 Å². The van der Waals surface area contributed by atoms with Crippen molar-refractivity contribution in [2.24, 2.45) is 0 Å². The SMILES string of the molecule is COc1ccc2nc(Nc3nc4ccc(NC(C)=O)cc4c(=O)[nH]3)nc(C)c2c1. The third-order valence-corrected chi connectivity index (χ3v) is 4.35. The van der Waals surface area contributed by atoms with E-state index < -0.39 is 0 Å². The normalized spacial score (nSPS) is 10.9. The molecule has 9 nitrogen and oxygen atoms in total. The number of nitrogens with one attached hydrogen (secondary N) is 3. The molecule has 9 heteroatoms. The summed E-state index contributed by atoms with van der Waals surface area (Å²) in [6.45, 7) is 3.27. The molecule has 4 rings (SSSR count). The minimum atomic E-state index is -0.341. The fraction of sp³-hybridized carbons (Fsp3) is 0.150. The highest BCUT2D eigenvalue weighted by Crippen LogP contribution is 2.23. The zero-order chi connectivity index (χ0) is 20.5. The summed E-state index contributed by atoms with van der Waals surface area (Å²) in [5.74, 6) is 1.05. The van der Waals surface area contributed by atoms with Crippen LogP contribution < -0.4 is 20.9 Å². The second-order valence-corrected chi connectivity index (χ2v) is 6.47. The van der Waals surface area contributed by atoms with Crippen molar-refractivity contribution < 1.29 is 9.53 Å². The number of methoxy groups -OCH3 is 1. The Balaban J connectivity index is 1.70. The van der Waals surface area contributed by atoms with E-state index in [1.807, 2.05) is 25.1 Å². The van der Waals surface area contributed by atoms with Gasteiger partial charge in [-0.3, -0.25) is 19.9 Å². The topological polar surface area (TPSA) is 122 Å². The van der Waals surface area contributed by atoms with E-state index >= 15 is 0 Å². The molecule has 0 aliphatic heterocycles. The van der Waals surface area contributed by atoms with Gasteiger partial charge in [0.25, 0.3) is 5.56 Å². The smallest absolute Gasteiger partial charge is 0.260 e. The number of fused-ring (bicyclic) bond motifs is 2. The minimum Gasteiger partial charge on any atom is -0.497 e. The number of carbonyl (C=O) groups excluding carboxylic acids is 1. The molecule has 0 aliphatic rings. The van der Waals surface area contributed by atoms with Crippen LogP contribution >= 0.6 is 0 Å². The minimum absolute atomic E-state index is 0.214. The Morgan fingerprint density at radius 1 is 1.03 bits per heavy atom. The number of H-pyrrole nitrogens is 1. The van der Waals surface area contributed by atoms with Crippen molar-refractivity contribution in [1.82, 2.24) is 19.9 Å². The largest absolute Gasteiger partial charge is 0.497 e. The van der Waals surface area contributed by atoms with Crippen LogP contribution in [0.15, 0.2) is 41.2 Å². The first kappa shape index (κ1) is 18.4. The van der Waals surface area contributed by atoms with Gasteiger partial charge in [0.05, 0.1) is 29.2 Å². The average Bonchev–Trinajstić information content (AvgIpc) is 2.68. The zero-order valence-electron chi connectivity index (χ0n) is 16.0. The number of aromatic amines is 1. The fourth-order valence-electron chi connectivity index (χ4n) is 3.03. The molecule has 0 aliphatic carbocycles. The van der Waals surface area contributed by atoms with Gasteiger partial charge in [0.1, 0.15) is 5.75 Å². The van der Waals surface area contributed by atoms with Gasteiger partial charge in [-0.1, -0.05) is 0 Å². The van der Waals surface area contributed by atoms with Crippen molar-refractivity contribution in [3.05, 3.63) is 52.4 Å². The first-order valence-electron chi connectivity index (χ1n) is 8.84. The Bertz CT molecular complexity index is 1320. The third-order valence-electron chi connectivity index (χ3n) is 4.35. The van der Waals surface area contributed by atoms with Crippen molar-refractivity contribution in [2.45, 2.75) is 13.8 Å². The summed E-state index contributed by atoms with van der Waals surface area (Å²) in [4.78, 5) is 39.7. The van der Waals surface area contributed by atoms with Crippen molar-refractivity contribution >= 4 is 45.3 Å². The molecule has 0 bridgehead atoms. The summed E-state index contributed by atoms with van der Waals surface area (Å²) in [5, 5.41) is 6.84. The Morgan fingerprint density at radius 3 is 2.55 bits per heavy atom. The van der Waals surface area contributed by atoms with Gasteiger partial charge >= 0.3 is 0 Å². The fourth-order valence-corrected chi connectivity index (χ4v) is 3.03. The van der Waals surface area contributed by atoms with E-state index in [-0.39, 0.29) is 17.4 Å². The molecule has 0 saturated heterocycles. The van der Waals surface area contributed by atoms with Gasteiger partial charge in [-0.25, -0.2) is 15.0 Å². The number of hydrogen-bond donors (Lipinski definition) is 3. The molecule has 0 spiro atoms. The standard InChI is InChI=1S/C20H18N6O3/c1-10-14-9-13(29-3)5-7-16(14)23-19(21-10)26-20-24-17-6-4-12(22-11(2)27)8-15(17)18(28)25-20/h4-9H,1-3H3,(H,22,27)(H2,21,23,24,25,26,28). The van der Waals surface area contributed by atoms with Crippen LogP contribution in [0.2, 0.25) is 0 Å². The van der Waals surface area contributed by atoms with Gasteiger partial charge in [-0.05, 0) is 43.3 Å². The molecule has 0 saturated carbocycles. The van der Waals surface area contributed by atoms with Crippen LogP contribution in [0, 0.1) is 6.92 Å². The molecule has 0 unspecified atom stereocenters. The van der Waals surface area contributed by atoms with E-state index in [9.17, 15) is 9.59 Å². The molecule has 0 radical (unpaired) electrons. The maximum Gasteiger partial charge on any atom is 0.260 e. The molecule has 4 aromatic rings. The predicted octanol–water partition coefficient (Wildman–Crippen LogP) is 2.89. The van der Waals surface area contributed by atoms with E-state index in [1.165, 1.54) is 6.92 Å². The lowest BCUT2D eigenvalue weighted by Gasteiger charge is -2.09. The summed E-state index contributed by atoms with van der Waals surface area (Å²) in [6, 6.07) is 10.5. The highest BCUT2D eigenvalue weighted by atomic mass is 16.5. The average molecular weight is 390 g/mol. The Hall–Kier alpha value is -4.01. The molecule has 146 valence electrons. The van der Waals surface area contributed by atoms with Gasteiger partial charge in [-0.15, -0.1) is 0 Å². The monoisotopic (exact) mass is 390 g/mol. The molecule has 2 aromatic heterocycles. The van der Waals surface area contributed by atoms with E-state index in [1.54, 1.807) is 25.3 Å². The van der Waals surface area contributed by atoms with Crippen molar-refractivity contribution in [3.8, 4) is 5.75 Å². The second-order valence-electron chi connectivity index (χ2n) is 6.47. The number of carbonyl (C=O) groups is 1. The number of ether oxygens (including phenoxy) is 1. The number of aromatic nitrogens is 4. The quantitative estimate of drug-likeness (QED) is 0.490. The van der Waals surface area contributed by atoms with Gasteiger partial charge in [0.15, 0.2) is 0 Å². The number of anilines is 3.